The summed E-state index contributed by atoms with van der Waals surface area (Å²) in [6.45, 7) is 2.28. The predicted molar refractivity (Wildman–Crippen MR) is 108 cm³/mol. The molecule has 1 aromatic carbocycles. The highest BCUT2D eigenvalue weighted by Crippen LogP contribution is 2.36. The molecular formula is C20H18F3N5OS. The molecule has 1 aliphatic heterocycles. The Labute approximate surface area is 175 Å². The molecule has 1 atom stereocenters. The Morgan fingerprint density at radius 2 is 1.97 bits per heavy atom. The Balaban J connectivity index is 1.52. The van der Waals surface area contributed by atoms with Gasteiger partial charge in [0.1, 0.15) is 11.4 Å². The van der Waals surface area contributed by atoms with Crippen LogP contribution < -0.4 is 10.2 Å². The summed E-state index contributed by atoms with van der Waals surface area (Å²) in [5.74, 6) is 0.562. The van der Waals surface area contributed by atoms with Gasteiger partial charge in [0.25, 0.3) is 5.91 Å². The van der Waals surface area contributed by atoms with Crippen molar-refractivity contribution in [1.29, 1.82) is 0 Å². The minimum Gasteiger partial charge on any atom is -0.342 e. The topological polar surface area (TPSA) is 71.0 Å². The number of anilines is 2. The van der Waals surface area contributed by atoms with Gasteiger partial charge in [0.2, 0.25) is 5.13 Å². The zero-order valence-corrected chi connectivity index (χ0v) is 16.8. The van der Waals surface area contributed by atoms with E-state index >= 15 is 0 Å². The van der Waals surface area contributed by atoms with Gasteiger partial charge in [-0.05, 0) is 31.9 Å². The standard InChI is InChI=1S/C20H18F3N5OS/c1-19(10-5-11-28(19)15-9-8-14(12-24-15)20(21,22)23)17(29)26-18-25-16(27-30-18)13-6-3-2-4-7-13/h2-4,6-9,12H,5,10-11H2,1H3,(H,25,26,27,29)/t19-/m0/s1. The van der Waals surface area contributed by atoms with Gasteiger partial charge in [-0.1, -0.05) is 30.3 Å². The van der Waals surface area contributed by atoms with E-state index < -0.39 is 17.3 Å². The molecule has 30 heavy (non-hydrogen) atoms. The number of hydrogen-bond donors (Lipinski definition) is 1. The fourth-order valence-corrected chi connectivity index (χ4v) is 4.08. The summed E-state index contributed by atoms with van der Waals surface area (Å²) >= 11 is 1.08. The quantitative estimate of drug-likeness (QED) is 0.650. The van der Waals surface area contributed by atoms with Crippen LogP contribution in [0.4, 0.5) is 24.1 Å². The van der Waals surface area contributed by atoms with Crippen molar-refractivity contribution in [2.24, 2.45) is 0 Å². The lowest BCUT2D eigenvalue weighted by Crippen LogP contribution is -2.51. The van der Waals surface area contributed by atoms with Gasteiger partial charge in [-0.15, -0.1) is 0 Å². The van der Waals surface area contributed by atoms with E-state index in [0.717, 1.165) is 35.8 Å². The minimum absolute atomic E-state index is 0.294. The number of carbonyl (C=O) groups is 1. The lowest BCUT2D eigenvalue weighted by atomic mass is 9.97. The molecule has 1 N–H and O–H groups in total. The van der Waals surface area contributed by atoms with Crippen LogP contribution in [0.3, 0.4) is 0 Å². The summed E-state index contributed by atoms with van der Waals surface area (Å²) in [6, 6.07) is 11.7. The van der Waals surface area contributed by atoms with Crippen molar-refractivity contribution in [2.75, 3.05) is 16.8 Å². The molecule has 0 spiro atoms. The van der Waals surface area contributed by atoms with Crippen LogP contribution in [0.25, 0.3) is 11.4 Å². The van der Waals surface area contributed by atoms with E-state index in [4.69, 9.17) is 0 Å². The third-order valence-corrected chi connectivity index (χ3v) is 5.79. The number of nitrogens with zero attached hydrogens (tertiary/aromatic N) is 4. The average molecular weight is 433 g/mol. The second-order valence-electron chi connectivity index (χ2n) is 7.18. The minimum atomic E-state index is -4.45. The monoisotopic (exact) mass is 433 g/mol. The molecule has 2 aromatic heterocycles. The maximum absolute atomic E-state index is 13.1. The molecular weight excluding hydrogens is 415 g/mol. The highest BCUT2D eigenvalue weighted by atomic mass is 32.1. The SMILES string of the molecule is C[C@@]1(C(=O)Nc2nc(-c3ccccc3)ns2)CCCN1c1ccc(C(F)(F)F)cn1. The summed E-state index contributed by atoms with van der Waals surface area (Å²) in [4.78, 5) is 23.1. The first-order chi connectivity index (χ1) is 14.3. The number of benzene rings is 1. The fourth-order valence-electron chi connectivity index (χ4n) is 3.49. The Morgan fingerprint density at radius 3 is 2.63 bits per heavy atom. The van der Waals surface area contributed by atoms with Crippen molar-refractivity contribution in [1.82, 2.24) is 14.3 Å². The predicted octanol–water partition coefficient (Wildman–Crippen LogP) is 4.62. The normalized spacial score (nSPS) is 19.1. The molecule has 1 aliphatic rings. The molecule has 6 nitrogen and oxygen atoms in total. The van der Waals surface area contributed by atoms with Crippen LogP contribution in [0, 0.1) is 0 Å². The highest BCUT2D eigenvalue weighted by molar-refractivity contribution is 7.10. The van der Waals surface area contributed by atoms with Crippen molar-refractivity contribution in [3.05, 3.63) is 54.2 Å². The summed E-state index contributed by atoms with van der Waals surface area (Å²) in [5.41, 5.74) is -0.929. The van der Waals surface area contributed by atoms with Crippen LogP contribution in [0.2, 0.25) is 0 Å². The molecule has 0 saturated carbocycles. The molecule has 0 unspecified atom stereocenters. The number of alkyl halides is 3. The largest absolute Gasteiger partial charge is 0.417 e. The smallest absolute Gasteiger partial charge is 0.342 e. The molecule has 1 amide bonds. The number of amides is 1. The van der Waals surface area contributed by atoms with E-state index in [-0.39, 0.29) is 5.91 Å². The van der Waals surface area contributed by atoms with Crippen LogP contribution in [-0.4, -0.2) is 32.3 Å². The van der Waals surface area contributed by atoms with Crippen LogP contribution >= 0.6 is 11.5 Å². The summed E-state index contributed by atoms with van der Waals surface area (Å²) in [6.07, 6.45) is -2.39. The first-order valence-corrected chi connectivity index (χ1v) is 10.1. The Kier molecular flexibility index (Phi) is 5.19. The highest BCUT2D eigenvalue weighted by Gasteiger charge is 2.44. The van der Waals surface area contributed by atoms with E-state index in [1.807, 2.05) is 30.3 Å². The van der Waals surface area contributed by atoms with Crippen LogP contribution in [0.1, 0.15) is 25.3 Å². The lowest BCUT2D eigenvalue weighted by molar-refractivity contribution is -0.137. The molecule has 1 fully saturated rings. The number of aromatic nitrogens is 3. The van der Waals surface area contributed by atoms with Crippen molar-refractivity contribution in [2.45, 2.75) is 31.5 Å². The van der Waals surface area contributed by atoms with Gasteiger partial charge in [0, 0.05) is 29.8 Å². The lowest BCUT2D eigenvalue weighted by Gasteiger charge is -2.34. The van der Waals surface area contributed by atoms with Gasteiger partial charge in [-0.3, -0.25) is 10.1 Å². The van der Waals surface area contributed by atoms with Gasteiger partial charge in [-0.2, -0.15) is 22.5 Å². The maximum atomic E-state index is 13.1. The molecule has 0 radical (unpaired) electrons. The fraction of sp³-hybridized carbons (Fsp3) is 0.300. The maximum Gasteiger partial charge on any atom is 0.417 e. The van der Waals surface area contributed by atoms with Crippen LogP contribution in [0.15, 0.2) is 48.7 Å². The van der Waals surface area contributed by atoms with Gasteiger partial charge < -0.3 is 4.90 Å². The number of nitrogens with one attached hydrogen (secondary N) is 1. The van der Waals surface area contributed by atoms with Crippen molar-refractivity contribution in [3.63, 3.8) is 0 Å². The van der Waals surface area contributed by atoms with Gasteiger partial charge in [0.05, 0.1) is 5.56 Å². The summed E-state index contributed by atoms with van der Waals surface area (Å²) < 4.78 is 42.7. The number of hydrogen-bond acceptors (Lipinski definition) is 6. The Bertz CT molecular complexity index is 1040. The van der Waals surface area contributed by atoms with Crippen molar-refractivity contribution in [3.8, 4) is 11.4 Å². The number of rotatable bonds is 4. The van der Waals surface area contributed by atoms with E-state index in [1.54, 1.807) is 11.8 Å². The summed E-state index contributed by atoms with van der Waals surface area (Å²) in [7, 11) is 0. The van der Waals surface area contributed by atoms with Gasteiger partial charge >= 0.3 is 6.18 Å². The molecule has 0 bridgehead atoms. The molecule has 3 aromatic rings. The van der Waals surface area contributed by atoms with Crippen LogP contribution in [-0.2, 0) is 11.0 Å². The zero-order chi connectivity index (χ0) is 21.4. The first-order valence-electron chi connectivity index (χ1n) is 9.29. The molecule has 0 aliphatic carbocycles. The zero-order valence-electron chi connectivity index (χ0n) is 16.0. The van der Waals surface area contributed by atoms with Crippen molar-refractivity contribution >= 4 is 28.4 Å². The number of halogens is 3. The Hall–Kier alpha value is -3.01. The van der Waals surface area contributed by atoms with Crippen molar-refractivity contribution < 1.29 is 18.0 Å². The van der Waals surface area contributed by atoms with E-state index in [1.165, 1.54) is 6.07 Å². The number of pyridine rings is 1. The molecule has 156 valence electrons. The second kappa shape index (κ2) is 7.67. The van der Waals surface area contributed by atoms with E-state index in [0.29, 0.717) is 29.7 Å². The van der Waals surface area contributed by atoms with Gasteiger partial charge in [0.15, 0.2) is 5.82 Å². The molecule has 1 saturated heterocycles. The molecule has 10 heteroatoms. The third-order valence-electron chi connectivity index (χ3n) is 5.16. The molecule has 4 rings (SSSR count). The second-order valence-corrected chi connectivity index (χ2v) is 7.93. The summed E-state index contributed by atoms with van der Waals surface area (Å²) in [5, 5.41) is 3.17. The molecule has 3 heterocycles. The van der Waals surface area contributed by atoms with E-state index in [9.17, 15) is 18.0 Å². The number of carbonyl (C=O) groups excluding carboxylic acids is 1. The first kappa shape index (κ1) is 20.3. The van der Waals surface area contributed by atoms with Gasteiger partial charge in [-0.25, -0.2) is 4.98 Å². The van der Waals surface area contributed by atoms with E-state index in [2.05, 4.69) is 19.7 Å². The van der Waals surface area contributed by atoms with Crippen LogP contribution in [0.5, 0.6) is 0 Å². The Morgan fingerprint density at radius 1 is 1.20 bits per heavy atom. The third kappa shape index (κ3) is 3.87. The average Bonchev–Trinajstić information content (AvgIpc) is 3.35.